The van der Waals surface area contributed by atoms with E-state index in [1.165, 1.54) is 0 Å². The van der Waals surface area contributed by atoms with Crippen LogP contribution in [0.25, 0.3) is 11.3 Å². The first-order valence-electron chi connectivity index (χ1n) is 13.4. The molecule has 0 amide bonds. The number of anilines is 1. The van der Waals surface area contributed by atoms with Crippen molar-refractivity contribution in [3.05, 3.63) is 63.5 Å². The van der Waals surface area contributed by atoms with E-state index in [1.807, 2.05) is 24.4 Å². The number of thiazole rings is 1. The molecule has 214 valence electrons. The molecule has 0 spiro atoms. The van der Waals surface area contributed by atoms with Crippen molar-refractivity contribution >= 4 is 43.9 Å². The molecule has 2 aromatic carbocycles. The van der Waals surface area contributed by atoms with Crippen molar-refractivity contribution in [3.63, 3.8) is 0 Å². The minimum atomic E-state index is -2.89. The first kappa shape index (κ1) is 28.9. The van der Waals surface area contributed by atoms with Gasteiger partial charge in [0.15, 0.2) is 15.0 Å². The first-order chi connectivity index (χ1) is 19.1. The summed E-state index contributed by atoms with van der Waals surface area (Å²) in [7, 11) is -2.89. The van der Waals surface area contributed by atoms with Gasteiger partial charge in [0.25, 0.3) is 0 Å². The van der Waals surface area contributed by atoms with Crippen LogP contribution >= 0.6 is 22.9 Å². The van der Waals surface area contributed by atoms with Crippen LogP contribution in [-0.2, 0) is 27.8 Å². The summed E-state index contributed by atoms with van der Waals surface area (Å²) in [4.78, 5) is 20.7. The third-order valence-corrected chi connectivity index (χ3v) is 10.6. The van der Waals surface area contributed by atoms with Crippen LogP contribution in [0.2, 0.25) is 5.02 Å². The molecule has 0 bridgehead atoms. The van der Waals surface area contributed by atoms with Gasteiger partial charge in [0.05, 0.1) is 23.1 Å². The Labute approximate surface area is 244 Å². The molecule has 3 aromatic rings. The molecule has 1 aromatic heterocycles. The number of aromatic nitrogens is 1. The quantitative estimate of drug-likeness (QED) is 0.378. The summed E-state index contributed by atoms with van der Waals surface area (Å²) in [6.07, 6.45) is 0.606. The topological polar surface area (TPSA) is 100 Å². The number of carboxylic acid groups (broad SMARTS) is 1. The first-order valence-corrected chi connectivity index (χ1v) is 16.5. The van der Waals surface area contributed by atoms with Gasteiger partial charge in [-0.2, -0.15) is 0 Å². The Bertz CT molecular complexity index is 1480. The van der Waals surface area contributed by atoms with E-state index < -0.39 is 15.8 Å². The van der Waals surface area contributed by atoms with Crippen LogP contribution in [0.3, 0.4) is 0 Å². The van der Waals surface area contributed by atoms with Crippen molar-refractivity contribution in [2.45, 2.75) is 33.4 Å². The van der Waals surface area contributed by atoms with Gasteiger partial charge in [-0.05, 0) is 54.2 Å². The summed E-state index contributed by atoms with van der Waals surface area (Å²) < 4.78 is 29.7. The smallest absolute Gasteiger partial charge is 0.306 e. The Hall–Kier alpha value is -2.66. The summed E-state index contributed by atoms with van der Waals surface area (Å²) in [5.41, 5.74) is 4.94. The molecule has 2 aliphatic heterocycles. The van der Waals surface area contributed by atoms with E-state index in [-0.39, 0.29) is 23.3 Å². The summed E-state index contributed by atoms with van der Waals surface area (Å²) in [6, 6.07) is 11.8. The third kappa shape index (κ3) is 6.79. The second-order valence-electron chi connectivity index (χ2n) is 10.8. The average molecular weight is 604 g/mol. The molecule has 1 N–H and O–H groups in total. The number of sulfone groups is 1. The number of carboxylic acids is 1. The molecule has 40 heavy (non-hydrogen) atoms. The van der Waals surface area contributed by atoms with E-state index >= 15 is 0 Å². The number of hydrogen-bond acceptors (Lipinski definition) is 8. The molecule has 2 atom stereocenters. The highest BCUT2D eigenvalue weighted by Crippen LogP contribution is 2.37. The molecule has 11 heteroatoms. The highest BCUT2D eigenvalue weighted by molar-refractivity contribution is 7.91. The van der Waals surface area contributed by atoms with Gasteiger partial charge in [-0.25, -0.2) is 13.4 Å². The molecule has 2 unspecified atom stereocenters. The minimum Gasteiger partial charge on any atom is -0.488 e. The van der Waals surface area contributed by atoms with Gasteiger partial charge in [-0.1, -0.05) is 36.7 Å². The lowest BCUT2D eigenvalue weighted by atomic mass is 9.87. The lowest BCUT2D eigenvalue weighted by molar-refractivity contribution is -0.144. The Morgan fingerprint density at radius 1 is 1.18 bits per heavy atom. The second-order valence-corrected chi connectivity index (χ2v) is 14.4. The van der Waals surface area contributed by atoms with Crippen LogP contribution in [0.1, 0.15) is 30.0 Å². The van der Waals surface area contributed by atoms with Gasteiger partial charge >= 0.3 is 5.97 Å². The Kier molecular flexibility index (Phi) is 8.70. The number of rotatable bonds is 8. The van der Waals surface area contributed by atoms with E-state index in [2.05, 4.69) is 34.9 Å². The molecule has 8 nitrogen and oxygen atoms in total. The van der Waals surface area contributed by atoms with Crippen molar-refractivity contribution in [2.75, 3.05) is 42.6 Å². The van der Waals surface area contributed by atoms with Crippen LogP contribution in [0, 0.1) is 18.8 Å². The highest BCUT2D eigenvalue weighted by Gasteiger charge is 2.32. The van der Waals surface area contributed by atoms with Gasteiger partial charge in [0.2, 0.25) is 0 Å². The number of piperidine rings is 1. The fourth-order valence-electron chi connectivity index (χ4n) is 5.39. The molecule has 3 heterocycles. The Morgan fingerprint density at radius 2 is 1.95 bits per heavy atom. The lowest BCUT2D eigenvalue weighted by Gasteiger charge is -2.34. The SMILES string of the molecule is Cc1cc(CN2CCS(=O)(=O)CC2)ccc1COc1ccc(Cl)cc1-c1csc(N2CCC(C(=O)O)C(C)C2)n1. The van der Waals surface area contributed by atoms with Gasteiger partial charge < -0.3 is 14.7 Å². The molecular formula is C29H34ClN3O5S2. The number of hydrogen-bond donors (Lipinski definition) is 1. The second kappa shape index (κ2) is 12.1. The molecule has 2 saturated heterocycles. The number of aliphatic carboxylic acids is 1. The minimum absolute atomic E-state index is 0.0503. The van der Waals surface area contributed by atoms with Gasteiger partial charge in [0.1, 0.15) is 12.4 Å². The van der Waals surface area contributed by atoms with E-state index in [4.69, 9.17) is 21.3 Å². The molecular weight excluding hydrogens is 570 g/mol. The largest absolute Gasteiger partial charge is 0.488 e. The zero-order valence-corrected chi connectivity index (χ0v) is 25.1. The predicted octanol–water partition coefficient (Wildman–Crippen LogP) is 5.13. The number of nitrogens with zero attached hydrogens (tertiary/aromatic N) is 3. The zero-order chi connectivity index (χ0) is 28.4. The fraction of sp³-hybridized carbons (Fsp3) is 0.448. The number of aryl methyl sites for hydroxylation is 1. The summed E-state index contributed by atoms with van der Waals surface area (Å²) >= 11 is 7.90. The summed E-state index contributed by atoms with van der Waals surface area (Å²) in [5, 5.41) is 12.9. The maximum absolute atomic E-state index is 11.7. The molecule has 5 rings (SSSR count). The number of halogens is 1. The van der Waals surface area contributed by atoms with Crippen LogP contribution < -0.4 is 9.64 Å². The van der Waals surface area contributed by atoms with Gasteiger partial charge in [-0.3, -0.25) is 9.69 Å². The maximum atomic E-state index is 11.7. The van der Waals surface area contributed by atoms with Crippen molar-refractivity contribution < 1.29 is 23.1 Å². The Balaban J connectivity index is 1.25. The Morgan fingerprint density at radius 3 is 2.65 bits per heavy atom. The van der Waals surface area contributed by atoms with Crippen LogP contribution in [0.4, 0.5) is 5.13 Å². The molecule has 2 fully saturated rings. The van der Waals surface area contributed by atoms with E-state index in [1.54, 1.807) is 17.4 Å². The fourth-order valence-corrected chi connectivity index (χ4v) is 7.70. The highest BCUT2D eigenvalue weighted by atomic mass is 35.5. The standard InChI is InChI=1S/C29H34ClN3O5S2/c1-19-13-21(16-32-9-11-40(36,37)12-10-32)3-4-22(19)17-38-27-6-5-23(30)14-25(27)26-18-39-29(31-26)33-8-7-24(28(34)35)20(2)15-33/h3-6,13-14,18,20,24H,7-12,15-17H2,1-2H3,(H,34,35). The van der Waals surface area contributed by atoms with E-state index in [9.17, 15) is 18.3 Å². The number of benzene rings is 2. The number of ether oxygens (including phenoxy) is 1. The lowest BCUT2D eigenvalue weighted by Crippen LogP contribution is -2.42. The van der Waals surface area contributed by atoms with Crippen molar-refractivity contribution in [1.82, 2.24) is 9.88 Å². The normalized spacial score (nSPS) is 21.3. The van der Waals surface area contributed by atoms with Crippen molar-refractivity contribution in [2.24, 2.45) is 11.8 Å². The van der Waals surface area contributed by atoms with E-state index in [0.29, 0.717) is 50.0 Å². The monoisotopic (exact) mass is 603 g/mol. The molecule has 0 saturated carbocycles. The van der Waals surface area contributed by atoms with Crippen LogP contribution in [0.15, 0.2) is 41.8 Å². The van der Waals surface area contributed by atoms with E-state index in [0.717, 1.165) is 39.6 Å². The van der Waals surface area contributed by atoms with Gasteiger partial charge in [-0.15, -0.1) is 11.3 Å². The van der Waals surface area contributed by atoms with Crippen LogP contribution in [-0.4, -0.2) is 67.1 Å². The number of carbonyl (C=O) groups is 1. The molecule has 0 radical (unpaired) electrons. The molecule has 2 aliphatic rings. The molecule has 0 aliphatic carbocycles. The van der Waals surface area contributed by atoms with Gasteiger partial charge in [0, 0.05) is 48.7 Å². The average Bonchev–Trinajstić information content (AvgIpc) is 3.40. The van der Waals surface area contributed by atoms with Crippen LogP contribution in [0.5, 0.6) is 5.75 Å². The third-order valence-electron chi connectivity index (χ3n) is 7.84. The van der Waals surface area contributed by atoms with Crippen molar-refractivity contribution in [3.8, 4) is 17.0 Å². The zero-order valence-electron chi connectivity index (χ0n) is 22.7. The summed E-state index contributed by atoms with van der Waals surface area (Å²) in [6.45, 7) is 7.64. The predicted molar refractivity (Wildman–Crippen MR) is 159 cm³/mol. The van der Waals surface area contributed by atoms with Crippen molar-refractivity contribution in [1.29, 1.82) is 0 Å². The maximum Gasteiger partial charge on any atom is 0.306 e. The summed E-state index contributed by atoms with van der Waals surface area (Å²) in [5.74, 6) is 0.155.